The third-order valence-electron chi connectivity index (χ3n) is 3.93. The van der Waals surface area contributed by atoms with Crippen molar-refractivity contribution in [1.82, 2.24) is 4.98 Å². The van der Waals surface area contributed by atoms with E-state index in [1.54, 1.807) is 23.6 Å². The lowest BCUT2D eigenvalue weighted by atomic mass is 10.1. The number of para-hydroxylation sites is 2. The smallest absolute Gasteiger partial charge is 0.269 e. The van der Waals surface area contributed by atoms with Crippen LogP contribution in [0.1, 0.15) is 6.92 Å². The highest BCUT2D eigenvalue weighted by Crippen LogP contribution is 2.33. The van der Waals surface area contributed by atoms with E-state index < -0.39 is 6.10 Å². The number of carbonyl (C=O) groups is 1. The summed E-state index contributed by atoms with van der Waals surface area (Å²) in [6.45, 7) is 1.83. The van der Waals surface area contributed by atoms with E-state index in [4.69, 9.17) is 9.47 Å². The van der Waals surface area contributed by atoms with Gasteiger partial charge in [-0.2, -0.15) is 0 Å². The van der Waals surface area contributed by atoms with E-state index >= 15 is 0 Å². The number of thiazole rings is 1. The number of aromatic nitrogens is 1. The monoisotopic (exact) mass is 352 g/mol. The maximum Gasteiger partial charge on any atom is 0.269 e. The Hall–Kier alpha value is -2.86. The van der Waals surface area contributed by atoms with Crippen molar-refractivity contribution in [3.05, 3.63) is 60.1 Å². The lowest BCUT2D eigenvalue weighted by Crippen LogP contribution is -2.46. The Bertz CT molecular complexity index is 878. The zero-order valence-corrected chi connectivity index (χ0v) is 14.3. The number of nitrogens with one attached hydrogen (secondary N) is 1. The Balaban J connectivity index is 1.47. The van der Waals surface area contributed by atoms with Gasteiger partial charge in [-0.05, 0) is 43.3 Å². The summed E-state index contributed by atoms with van der Waals surface area (Å²) in [4.78, 5) is 16.9. The maximum atomic E-state index is 12.6. The molecular weight excluding hydrogens is 336 g/mol. The molecule has 0 aliphatic carbocycles. The van der Waals surface area contributed by atoms with Crippen LogP contribution in [-0.4, -0.2) is 23.1 Å². The molecule has 4 rings (SSSR count). The predicted molar refractivity (Wildman–Crippen MR) is 97.1 cm³/mol. The van der Waals surface area contributed by atoms with Gasteiger partial charge >= 0.3 is 0 Å². The molecule has 25 heavy (non-hydrogen) atoms. The maximum absolute atomic E-state index is 12.6. The van der Waals surface area contributed by atoms with Crippen molar-refractivity contribution in [2.45, 2.75) is 19.1 Å². The summed E-state index contributed by atoms with van der Waals surface area (Å²) in [5.74, 6) is 1.01. The summed E-state index contributed by atoms with van der Waals surface area (Å²) in [7, 11) is 0. The summed E-state index contributed by atoms with van der Waals surface area (Å²) < 4.78 is 11.6. The van der Waals surface area contributed by atoms with Crippen LogP contribution < -0.4 is 14.8 Å². The first kappa shape index (κ1) is 15.7. The molecule has 1 aliphatic rings. The minimum Gasteiger partial charge on any atom is -0.482 e. The molecule has 1 amide bonds. The fourth-order valence-corrected chi connectivity index (χ4v) is 3.33. The van der Waals surface area contributed by atoms with Crippen molar-refractivity contribution in [2.75, 3.05) is 5.32 Å². The minimum absolute atomic E-state index is 0.232. The van der Waals surface area contributed by atoms with Crippen molar-refractivity contribution < 1.29 is 14.3 Å². The summed E-state index contributed by atoms with van der Waals surface area (Å²) in [5, 5.41) is 5.77. The number of ether oxygens (including phenoxy) is 2. The predicted octanol–water partition coefficient (Wildman–Crippen LogP) is 3.98. The molecule has 1 aliphatic heterocycles. The molecule has 126 valence electrons. The van der Waals surface area contributed by atoms with Crippen molar-refractivity contribution in [1.29, 1.82) is 0 Å². The molecule has 2 heterocycles. The van der Waals surface area contributed by atoms with Gasteiger partial charge < -0.3 is 14.8 Å². The first-order chi connectivity index (χ1) is 12.2. The zero-order chi connectivity index (χ0) is 17.2. The third kappa shape index (κ3) is 3.21. The number of benzene rings is 2. The van der Waals surface area contributed by atoms with Crippen LogP contribution in [0.3, 0.4) is 0 Å². The standard InChI is InChI=1S/C19H16N2O3S/c1-12-17(24-16-5-3-2-4-15(16)23-12)18(22)21-14-8-6-13(7-9-14)19-20-10-11-25-19/h2-12,17H,1H3,(H,21,22)/t12-,17+/m0/s1. The zero-order valence-electron chi connectivity index (χ0n) is 13.5. The van der Waals surface area contributed by atoms with Crippen LogP contribution in [-0.2, 0) is 4.79 Å². The highest BCUT2D eigenvalue weighted by molar-refractivity contribution is 7.13. The van der Waals surface area contributed by atoms with Gasteiger partial charge in [0.2, 0.25) is 6.10 Å². The third-order valence-corrected chi connectivity index (χ3v) is 4.75. The van der Waals surface area contributed by atoms with E-state index in [1.807, 2.05) is 54.8 Å². The summed E-state index contributed by atoms with van der Waals surface area (Å²) >= 11 is 1.58. The molecule has 1 N–H and O–H groups in total. The van der Waals surface area contributed by atoms with Gasteiger partial charge in [-0.15, -0.1) is 11.3 Å². The first-order valence-electron chi connectivity index (χ1n) is 7.94. The molecule has 0 unspecified atom stereocenters. The number of hydrogen-bond acceptors (Lipinski definition) is 5. The van der Waals surface area contributed by atoms with Crippen LogP contribution in [0.4, 0.5) is 5.69 Å². The van der Waals surface area contributed by atoms with E-state index in [9.17, 15) is 4.79 Å². The van der Waals surface area contributed by atoms with Crippen LogP contribution >= 0.6 is 11.3 Å². The van der Waals surface area contributed by atoms with E-state index in [1.165, 1.54) is 0 Å². The molecule has 3 aromatic rings. The Kier molecular flexibility index (Phi) is 4.11. The second-order valence-electron chi connectivity index (χ2n) is 5.71. The minimum atomic E-state index is -0.700. The van der Waals surface area contributed by atoms with Gasteiger partial charge in [0.25, 0.3) is 5.91 Å². The van der Waals surface area contributed by atoms with Gasteiger partial charge in [0.05, 0.1) is 0 Å². The number of carbonyl (C=O) groups excluding carboxylic acids is 1. The number of nitrogens with zero attached hydrogens (tertiary/aromatic N) is 1. The topological polar surface area (TPSA) is 60.5 Å². The second-order valence-corrected chi connectivity index (χ2v) is 6.61. The van der Waals surface area contributed by atoms with Gasteiger partial charge in [0.1, 0.15) is 11.1 Å². The normalized spacial score (nSPS) is 18.6. The molecule has 0 bridgehead atoms. The summed E-state index contributed by atoms with van der Waals surface area (Å²) in [6.07, 6.45) is 0.702. The molecule has 2 atom stereocenters. The first-order valence-corrected chi connectivity index (χ1v) is 8.82. The van der Waals surface area contributed by atoms with E-state index in [-0.39, 0.29) is 12.0 Å². The van der Waals surface area contributed by atoms with E-state index in [0.717, 1.165) is 10.6 Å². The van der Waals surface area contributed by atoms with E-state index in [0.29, 0.717) is 17.2 Å². The molecule has 6 heteroatoms. The summed E-state index contributed by atoms with van der Waals surface area (Å²) in [6, 6.07) is 14.9. The number of anilines is 1. The molecule has 5 nitrogen and oxygen atoms in total. The van der Waals surface area contributed by atoms with E-state index in [2.05, 4.69) is 10.3 Å². The Morgan fingerprint density at radius 1 is 1.08 bits per heavy atom. The molecule has 0 radical (unpaired) electrons. The van der Waals surface area contributed by atoms with Gasteiger partial charge in [-0.3, -0.25) is 4.79 Å². The second kappa shape index (κ2) is 6.57. The van der Waals surface area contributed by atoms with Gasteiger partial charge in [-0.1, -0.05) is 12.1 Å². The van der Waals surface area contributed by atoms with Crippen molar-refractivity contribution in [3.63, 3.8) is 0 Å². The largest absolute Gasteiger partial charge is 0.482 e. The lowest BCUT2D eigenvalue weighted by Gasteiger charge is -2.31. The number of fused-ring (bicyclic) bond motifs is 1. The van der Waals surface area contributed by atoms with Crippen LogP contribution in [0.2, 0.25) is 0 Å². The van der Waals surface area contributed by atoms with Gasteiger partial charge in [-0.25, -0.2) is 4.98 Å². The van der Waals surface area contributed by atoms with Gasteiger partial charge in [0.15, 0.2) is 11.5 Å². The Morgan fingerprint density at radius 2 is 1.80 bits per heavy atom. The highest BCUT2D eigenvalue weighted by Gasteiger charge is 2.34. The molecule has 0 saturated carbocycles. The van der Waals surface area contributed by atoms with Gasteiger partial charge in [0, 0.05) is 22.8 Å². The van der Waals surface area contributed by atoms with Crippen LogP contribution in [0, 0.1) is 0 Å². The quantitative estimate of drug-likeness (QED) is 0.775. The van der Waals surface area contributed by atoms with Crippen LogP contribution in [0.15, 0.2) is 60.1 Å². The molecule has 2 aromatic carbocycles. The molecule has 1 aromatic heterocycles. The van der Waals surface area contributed by atoms with Crippen LogP contribution in [0.25, 0.3) is 10.6 Å². The molecule has 0 spiro atoms. The Morgan fingerprint density at radius 3 is 2.48 bits per heavy atom. The number of hydrogen-bond donors (Lipinski definition) is 1. The fourth-order valence-electron chi connectivity index (χ4n) is 2.68. The summed E-state index contributed by atoms with van der Waals surface area (Å²) in [5.41, 5.74) is 1.73. The molecule has 0 fully saturated rings. The average Bonchev–Trinajstić information content (AvgIpc) is 3.16. The number of rotatable bonds is 3. The van der Waals surface area contributed by atoms with Crippen molar-refractivity contribution in [3.8, 4) is 22.1 Å². The van der Waals surface area contributed by atoms with Crippen molar-refractivity contribution >= 4 is 22.9 Å². The average molecular weight is 352 g/mol. The Labute approximate surface area is 149 Å². The van der Waals surface area contributed by atoms with Crippen molar-refractivity contribution in [2.24, 2.45) is 0 Å². The lowest BCUT2D eigenvalue weighted by molar-refractivity contribution is -0.128. The number of amides is 1. The molecule has 0 saturated heterocycles. The molecular formula is C19H16N2O3S. The SMILES string of the molecule is C[C@@H]1Oc2ccccc2O[C@H]1C(=O)Nc1ccc(-c2nccs2)cc1. The van der Waals surface area contributed by atoms with Crippen LogP contribution in [0.5, 0.6) is 11.5 Å². The highest BCUT2D eigenvalue weighted by atomic mass is 32.1. The fraction of sp³-hybridized carbons (Fsp3) is 0.158.